The molecule has 3 rings (SSSR count). The smallest absolute Gasteiger partial charge is 0.264 e. The van der Waals surface area contributed by atoms with Crippen LogP contribution in [0.15, 0.2) is 71.6 Å². The molecule has 0 aliphatic rings. The number of hydrogen-bond acceptors (Lipinski definition) is 4. The fraction of sp³-hybridized carbons (Fsp3) is 0.310. The van der Waals surface area contributed by atoms with Crippen LogP contribution in [0.4, 0.5) is 5.69 Å². The Morgan fingerprint density at radius 3 is 2.10 bits per heavy atom. The molecule has 39 heavy (non-hydrogen) atoms. The molecule has 0 spiro atoms. The van der Waals surface area contributed by atoms with Gasteiger partial charge in [0.05, 0.1) is 20.6 Å². The summed E-state index contributed by atoms with van der Waals surface area (Å²) in [7, 11) is -4.12. The summed E-state index contributed by atoms with van der Waals surface area (Å²) in [5, 5.41) is 3.46. The highest BCUT2D eigenvalue weighted by Crippen LogP contribution is 2.28. The van der Waals surface area contributed by atoms with Gasteiger partial charge in [0.15, 0.2) is 0 Å². The first kappa shape index (κ1) is 30.5. The average Bonchev–Trinajstić information content (AvgIpc) is 2.89. The van der Waals surface area contributed by atoms with Gasteiger partial charge in [0.25, 0.3) is 10.0 Å². The summed E-state index contributed by atoms with van der Waals surface area (Å²) in [6.07, 6.45) is 0.327. The van der Waals surface area contributed by atoms with Crippen molar-refractivity contribution in [3.63, 3.8) is 0 Å². The van der Waals surface area contributed by atoms with E-state index in [0.29, 0.717) is 34.3 Å². The van der Waals surface area contributed by atoms with Crippen LogP contribution in [0.5, 0.6) is 0 Å². The fourth-order valence-corrected chi connectivity index (χ4v) is 6.13. The molecule has 0 heterocycles. The number of likely N-dealkylation sites (N-methyl/N-ethyl adjacent to an activating group) is 1. The first-order chi connectivity index (χ1) is 18.5. The van der Waals surface area contributed by atoms with Crippen LogP contribution in [-0.4, -0.2) is 44.3 Å². The van der Waals surface area contributed by atoms with Gasteiger partial charge in [-0.15, -0.1) is 0 Å². The summed E-state index contributed by atoms with van der Waals surface area (Å²) in [5.41, 5.74) is 2.73. The number of benzene rings is 3. The number of sulfonamides is 1. The average molecular weight is 591 g/mol. The zero-order valence-electron chi connectivity index (χ0n) is 22.4. The Morgan fingerprint density at radius 2 is 1.54 bits per heavy atom. The topological polar surface area (TPSA) is 86.8 Å². The maximum Gasteiger partial charge on any atom is 0.264 e. The summed E-state index contributed by atoms with van der Waals surface area (Å²) in [6, 6.07) is 17.5. The number of aryl methyl sites for hydroxylation is 2. The van der Waals surface area contributed by atoms with Crippen LogP contribution in [0, 0.1) is 13.8 Å². The van der Waals surface area contributed by atoms with Crippen molar-refractivity contribution in [3.05, 3.63) is 93.5 Å². The molecule has 2 amide bonds. The molecule has 0 aliphatic carbocycles. The number of amides is 2. The van der Waals surface area contributed by atoms with E-state index in [2.05, 4.69) is 5.32 Å². The van der Waals surface area contributed by atoms with Crippen molar-refractivity contribution < 1.29 is 18.0 Å². The van der Waals surface area contributed by atoms with Crippen LogP contribution in [0.3, 0.4) is 0 Å². The predicted octanol–water partition coefficient (Wildman–Crippen LogP) is 5.75. The van der Waals surface area contributed by atoms with E-state index >= 15 is 0 Å². The molecule has 208 valence electrons. The fourth-order valence-electron chi connectivity index (χ4n) is 4.39. The summed E-state index contributed by atoms with van der Waals surface area (Å²) >= 11 is 12.3. The summed E-state index contributed by atoms with van der Waals surface area (Å²) in [5.74, 6) is -0.852. The zero-order valence-corrected chi connectivity index (χ0v) is 24.8. The maximum absolute atomic E-state index is 14.0. The van der Waals surface area contributed by atoms with Gasteiger partial charge in [-0.2, -0.15) is 0 Å². The maximum atomic E-state index is 14.0. The lowest BCUT2D eigenvalue weighted by Gasteiger charge is -2.33. The molecule has 1 N–H and O–H groups in total. The van der Waals surface area contributed by atoms with Crippen molar-refractivity contribution in [2.24, 2.45) is 0 Å². The molecule has 0 radical (unpaired) electrons. The highest BCUT2D eigenvalue weighted by atomic mass is 35.5. The highest BCUT2D eigenvalue weighted by molar-refractivity contribution is 7.92. The Hall–Kier alpha value is -3.07. The molecule has 0 bridgehead atoms. The number of hydrogen-bond donors (Lipinski definition) is 1. The zero-order chi connectivity index (χ0) is 28.7. The lowest BCUT2D eigenvalue weighted by molar-refractivity contribution is -0.140. The third-order valence-corrected chi connectivity index (χ3v) is 8.71. The molecule has 0 saturated heterocycles. The largest absolute Gasteiger partial charge is 0.355 e. The van der Waals surface area contributed by atoms with Crippen molar-refractivity contribution in [1.82, 2.24) is 10.2 Å². The SMILES string of the molecule is CCNC(=O)[C@H](CC)N(Cc1ccc(Cl)c(Cl)c1)C(=O)CN(c1cc(C)cc(C)c1)S(=O)(=O)c1ccccc1. The molecule has 7 nitrogen and oxygen atoms in total. The third kappa shape index (κ3) is 7.53. The second kappa shape index (κ2) is 13.3. The lowest BCUT2D eigenvalue weighted by atomic mass is 10.1. The van der Waals surface area contributed by atoms with E-state index < -0.39 is 28.5 Å². The third-order valence-electron chi connectivity index (χ3n) is 6.18. The van der Waals surface area contributed by atoms with E-state index in [1.54, 1.807) is 62.4 Å². The monoisotopic (exact) mass is 589 g/mol. The molecular formula is C29H33Cl2N3O4S. The molecular weight excluding hydrogens is 557 g/mol. The van der Waals surface area contributed by atoms with Gasteiger partial charge in [-0.3, -0.25) is 13.9 Å². The Morgan fingerprint density at radius 1 is 0.897 bits per heavy atom. The van der Waals surface area contributed by atoms with Gasteiger partial charge in [0.1, 0.15) is 12.6 Å². The van der Waals surface area contributed by atoms with Crippen molar-refractivity contribution in [1.29, 1.82) is 0 Å². The lowest BCUT2D eigenvalue weighted by Crippen LogP contribution is -2.52. The minimum Gasteiger partial charge on any atom is -0.355 e. The minimum absolute atomic E-state index is 0.0391. The molecule has 0 saturated carbocycles. The van der Waals surface area contributed by atoms with Crippen molar-refractivity contribution in [3.8, 4) is 0 Å². The molecule has 0 aromatic heterocycles. The van der Waals surface area contributed by atoms with Crippen LogP contribution in [-0.2, 0) is 26.2 Å². The van der Waals surface area contributed by atoms with Gasteiger partial charge in [-0.25, -0.2) is 8.42 Å². The molecule has 1 atom stereocenters. The van der Waals surface area contributed by atoms with Crippen molar-refractivity contribution in [2.45, 2.75) is 51.6 Å². The summed E-state index contributed by atoms with van der Waals surface area (Å²) in [4.78, 5) is 28.5. The van der Waals surface area contributed by atoms with Crippen LogP contribution in [0.2, 0.25) is 10.0 Å². The van der Waals surface area contributed by atoms with E-state index in [4.69, 9.17) is 23.2 Å². The number of carbonyl (C=O) groups excluding carboxylic acids is 2. The Balaban J connectivity index is 2.09. The second-order valence-corrected chi connectivity index (χ2v) is 11.9. The van der Waals surface area contributed by atoms with Crippen LogP contribution >= 0.6 is 23.2 Å². The quantitative estimate of drug-likeness (QED) is 0.308. The summed E-state index contributed by atoms with van der Waals surface area (Å²) < 4.78 is 28.9. The molecule has 3 aromatic rings. The number of carbonyl (C=O) groups is 2. The number of anilines is 1. The van der Waals surface area contributed by atoms with E-state index in [1.165, 1.54) is 17.0 Å². The first-order valence-corrected chi connectivity index (χ1v) is 14.8. The first-order valence-electron chi connectivity index (χ1n) is 12.6. The van der Waals surface area contributed by atoms with E-state index in [-0.39, 0.29) is 17.3 Å². The van der Waals surface area contributed by atoms with E-state index in [0.717, 1.165) is 15.4 Å². The summed E-state index contributed by atoms with van der Waals surface area (Å²) in [6.45, 7) is 7.26. The van der Waals surface area contributed by atoms with Gasteiger partial charge in [0, 0.05) is 13.1 Å². The number of halogens is 2. The van der Waals surface area contributed by atoms with Crippen molar-refractivity contribution in [2.75, 3.05) is 17.4 Å². The standard InChI is InChI=1S/C29H33Cl2N3O4S/c1-5-27(29(36)32-6-2)33(18-22-12-13-25(30)26(31)17-22)28(35)19-34(23-15-20(3)14-21(4)16-23)39(37,38)24-10-8-7-9-11-24/h7-17,27H,5-6,18-19H2,1-4H3,(H,32,36)/t27-/m0/s1. The molecule has 0 fully saturated rings. The van der Waals surface area contributed by atoms with Gasteiger partial charge in [-0.1, -0.05) is 60.5 Å². The van der Waals surface area contributed by atoms with Crippen LogP contribution in [0.25, 0.3) is 0 Å². The van der Waals surface area contributed by atoms with E-state index in [9.17, 15) is 18.0 Å². The van der Waals surface area contributed by atoms with Gasteiger partial charge in [0.2, 0.25) is 11.8 Å². The predicted molar refractivity (Wildman–Crippen MR) is 157 cm³/mol. The van der Waals surface area contributed by atoms with Gasteiger partial charge >= 0.3 is 0 Å². The molecule has 0 aliphatic heterocycles. The van der Waals surface area contributed by atoms with Crippen LogP contribution < -0.4 is 9.62 Å². The molecule has 0 unspecified atom stereocenters. The van der Waals surface area contributed by atoms with Crippen molar-refractivity contribution >= 4 is 50.7 Å². The Bertz CT molecular complexity index is 1410. The number of nitrogens with one attached hydrogen (secondary N) is 1. The number of rotatable bonds is 11. The van der Waals surface area contributed by atoms with Gasteiger partial charge < -0.3 is 10.2 Å². The number of nitrogens with zero attached hydrogens (tertiary/aromatic N) is 2. The Labute approximate surface area is 240 Å². The van der Waals surface area contributed by atoms with Crippen LogP contribution in [0.1, 0.15) is 37.0 Å². The molecule has 10 heteroatoms. The molecule has 3 aromatic carbocycles. The minimum atomic E-state index is -4.12. The second-order valence-electron chi connectivity index (χ2n) is 9.26. The highest BCUT2D eigenvalue weighted by Gasteiger charge is 2.33. The normalized spacial score (nSPS) is 12.1. The van der Waals surface area contributed by atoms with Gasteiger partial charge in [-0.05, 0) is 80.3 Å². The Kier molecular flexibility index (Phi) is 10.4. The van der Waals surface area contributed by atoms with E-state index in [1.807, 2.05) is 19.9 Å².